The third-order valence-corrected chi connectivity index (χ3v) is 3.15. The molecule has 20 heavy (non-hydrogen) atoms. The molecule has 0 saturated carbocycles. The van der Waals surface area contributed by atoms with E-state index in [2.05, 4.69) is 29.3 Å². The number of hydrogen-bond donors (Lipinski definition) is 1. The maximum absolute atomic E-state index is 13.7. The van der Waals surface area contributed by atoms with E-state index in [1.807, 2.05) is 0 Å². The minimum Gasteiger partial charge on any atom is -0.339 e. The molecule has 0 spiro atoms. The van der Waals surface area contributed by atoms with Gasteiger partial charge in [0.1, 0.15) is 5.82 Å². The highest BCUT2D eigenvalue weighted by Crippen LogP contribution is 2.21. The molecular formula is C14H17ClFN3O. The number of aromatic nitrogens is 2. The molecule has 108 valence electrons. The van der Waals surface area contributed by atoms with Crippen molar-refractivity contribution in [3.8, 4) is 0 Å². The van der Waals surface area contributed by atoms with Crippen LogP contribution in [0, 0.1) is 5.82 Å². The molecule has 1 heterocycles. The van der Waals surface area contributed by atoms with Crippen LogP contribution in [0.4, 0.5) is 4.39 Å². The predicted molar refractivity (Wildman–Crippen MR) is 75.4 cm³/mol. The zero-order valence-corrected chi connectivity index (χ0v) is 12.2. The van der Waals surface area contributed by atoms with E-state index in [0.29, 0.717) is 34.8 Å². The topological polar surface area (TPSA) is 51.0 Å². The molecule has 0 bridgehead atoms. The van der Waals surface area contributed by atoms with Crippen molar-refractivity contribution in [1.29, 1.82) is 0 Å². The van der Waals surface area contributed by atoms with Gasteiger partial charge in [0.15, 0.2) is 5.82 Å². The lowest BCUT2D eigenvalue weighted by atomic mass is 10.1. The van der Waals surface area contributed by atoms with Crippen LogP contribution in [0.2, 0.25) is 5.02 Å². The Morgan fingerprint density at radius 1 is 1.40 bits per heavy atom. The van der Waals surface area contributed by atoms with Crippen molar-refractivity contribution >= 4 is 11.6 Å². The molecule has 6 heteroatoms. The Hall–Kier alpha value is -1.46. The summed E-state index contributed by atoms with van der Waals surface area (Å²) in [6.45, 7) is 4.90. The van der Waals surface area contributed by atoms with Gasteiger partial charge in [-0.3, -0.25) is 0 Å². The minimum atomic E-state index is -0.356. The molecule has 2 aromatic rings. The third-order valence-electron chi connectivity index (χ3n) is 2.80. The van der Waals surface area contributed by atoms with Crippen LogP contribution in [0.25, 0.3) is 0 Å². The Labute approximate surface area is 122 Å². The second-order valence-electron chi connectivity index (χ2n) is 4.84. The Kier molecular flexibility index (Phi) is 5.09. The molecular weight excluding hydrogens is 281 g/mol. The molecule has 2 rings (SSSR count). The van der Waals surface area contributed by atoms with Crippen LogP contribution >= 0.6 is 11.6 Å². The molecule has 4 nitrogen and oxygen atoms in total. The largest absolute Gasteiger partial charge is 0.339 e. The van der Waals surface area contributed by atoms with Gasteiger partial charge < -0.3 is 9.84 Å². The van der Waals surface area contributed by atoms with Gasteiger partial charge in [0.05, 0.1) is 0 Å². The highest BCUT2D eigenvalue weighted by Gasteiger charge is 2.12. The first-order chi connectivity index (χ1) is 9.56. The van der Waals surface area contributed by atoms with Crippen molar-refractivity contribution in [2.24, 2.45) is 0 Å². The maximum atomic E-state index is 13.7. The van der Waals surface area contributed by atoms with Gasteiger partial charge in [0, 0.05) is 36.0 Å². The number of nitrogens with one attached hydrogen (secondary N) is 1. The highest BCUT2D eigenvalue weighted by atomic mass is 35.5. The van der Waals surface area contributed by atoms with Gasteiger partial charge in [-0.05, 0) is 12.1 Å². The van der Waals surface area contributed by atoms with Crippen molar-refractivity contribution in [2.45, 2.75) is 32.7 Å². The Morgan fingerprint density at radius 2 is 2.20 bits per heavy atom. The predicted octanol–water partition coefficient (Wildman–Crippen LogP) is 2.99. The fourth-order valence-electron chi connectivity index (χ4n) is 1.79. The Morgan fingerprint density at radius 3 is 2.90 bits per heavy atom. The number of nitrogens with zero attached hydrogens (tertiary/aromatic N) is 2. The van der Waals surface area contributed by atoms with Crippen molar-refractivity contribution in [3.05, 3.63) is 46.3 Å². The molecule has 0 atom stereocenters. The summed E-state index contributed by atoms with van der Waals surface area (Å²) in [6, 6.07) is 5.00. The number of benzene rings is 1. The van der Waals surface area contributed by atoms with E-state index in [1.165, 1.54) is 6.07 Å². The van der Waals surface area contributed by atoms with Crippen molar-refractivity contribution in [1.82, 2.24) is 15.5 Å². The van der Waals surface area contributed by atoms with Crippen LogP contribution in [0.1, 0.15) is 31.1 Å². The fraction of sp³-hybridized carbons (Fsp3) is 0.429. The van der Waals surface area contributed by atoms with Crippen LogP contribution in [0.15, 0.2) is 22.7 Å². The van der Waals surface area contributed by atoms with Gasteiger partial charge in [-0.15, -0.1) is 0 Å². The number of hydrogen-bond acceptors (Lipinski definition) is 4. The van der Waals surface area contributed by atoms with E-state index in [0.717, 1.165) is 6.54 Å². The van der Waals surface area contributed by atoms with E-state index in [4.69, 9.17) is 16.1 Å². The normalized spacial score (nSPS) is 11.2. The van der Waals surface area contributed by atoms with Crippen LogP contribution < -0.4 is 5.32 Å². The maximum Gasteiger partial charge on any atom is 0.227 e. The van der Waals surface area contributed by atoms with Gasteiger partial charge in [0.25, 0.3) is 0 Å². The lowest BCUT2D eigenvalue weighted by Crippen LogP contribution is -2.25. The van der Waals surface area contributed by atoms with Crippen molar-refractivity contribution < 1.29 is 8.91 Å². The van der Waals surface area contributed by atoms with Crippen LogP contribution in [0.5, 0.6) is 0 Å². The fourth-order valence-corrected chi connectivity index (χ4v) is 2.02. The summed E-state index contributed by atoms with van der Waals surface area (Å²) in [6.07, 6.45) is 0.878. The van der Waals surface area contributed by atoms with Gasteiger partial charge in [-0.25, -0.2) is 4.39 Å². The summed E-state index contributed by atoms with van der Waals surface area (Å²) >= 11 is 5.97. The van der Waals surface area contributed by atoms with Gasteiger partial charge in [-0.2, -0.15) is 4.98 Å². The highest BCUT2D eigenvalue weighted by molar-refractivity contribution is 6.31. The second-order valence-corrected chi connectivity index (χ2v) is 5.25. The van der Waals surface area contributed by atoms with Crippen LogP contribution in [-0.4, -0.2) is 22.7 Å². The summed E-state index contributed by atoms with van der Waals surface area (Å²) in [5.41, 5.74) is 0.391. The lowest BCUT2D eigenvalue weighted by molar-refractivity contribution is 0.369. The summed E-state index contributed by atoms with van der Waals surface area (Å²) in [4.78, 5) is 4.24. The molecule has 0 fully saturated rings. The first-order valence-corrected chi connectivity index (χ1v) is 6.92. The molecule has 0 saturated heterocycles. The monoisotopic (exact) mass is 297 g/mol. The second kappa shape index (κ2) is 6.81. The van der Waals surface area contributed by atoms with Gasteiger partial charge in [0.2, 0.25) is 5.89 Å². The summed E-state index contributed by atoms with van der Waals surface area (Å²) in [5.74, 6) is 0.627. The number of rotatable bonds is 6. The van der Waals surface area contributed by atoms with E-state index >= 15 is 0 Å². The third kappa shape index (κ3) is 4.02. The van der Waals surface area contributed by atoms with E-state index in [9.17, 15) is 4.39 Å². The van der Waals surface area contributed by atoms with Crippen molar-refractivity contribution in [3.63, 3.8) is 0 Å². The molecule has 0 amide bonds. The average molecular weight is 298 g/mol. The first kappa shape index (κ1) is 14.9. The quantitative estimate of drug-likeness (QED) is 0.890. The van der Waals surface area contributed by atoms with Crippen LogP contribution in [0.3, 0.4) is 0 Å². The molecule has 1 aromatic carbocycles. The molecule has 0 aliphatic heterocycles. The summed E-state index contributed by atoms with van der Waals surface area (Å²) < 4.78 is 18.8. The summed E-state index contributed by atoms with van der Waals surface area (Å²) in [5, 5.41) is 7.49. The Bertz CT molecular complexity index is 551. The van der Waals surface area contributed by atoms with Gasteiger partial charge in [-0.1, -0.05) is 36.7 Å². The molecule has 0 aliphatic rings. The van der Waals surface area contributed by atoms with Crippen LogP contribution in [-0.2, 0) is 12.8 Å². The van der Waals surface area contributed by atoms with Gasteiger partial charge >= 0.3 is 0 Å². The number of halogens is 2. The summed E-state index contributed by atoms with van der Waals surface area (Å²) in [7, 11) is 0. The van der Waals surface area contributed by atoms with E-state index in [1.54, 1.807) is 12.1 Å². The molecule has 1 aromatic heterocycles. The molecule has 0 radical (unpaired) electrons. The standard InChI is InChI=1S/C14H17ClFN3O/c1-9(2)17-7-6-14-18-13(19-20-14)8-10-11(15)4-3-5-12(10)16/h3-5,9,17H,6-8H2,1-2H3. The smallest absolute Gasteiger partial charge is 0.227 e. The zero-order chi connectivity index (χ0) is 14.5. The molecule has 0 unspecified atom stereocenters. The van der Waals surface area contributed by atoms with E-state index < -0.39 is 0 Å². The first-order valence-electron chi connectivity index (χ1n) is 6.54. The molecule has 0 aliphatic carbocycles. The minimum absolute atomic E-state index is 0.229. The molecule has 1 N–H and O–H groups in total. The lowest BCUT2D eigenvalue weighted by Gasteiger charge is -2.04. The SMILES string of the molecule is CC(C)NCCc1nc(Cc2c(F)cccc2Cl)no1. The Balaban J connectivity index is 1.99. The average Bonchev–Trinajstić information content (AvgIpc) is 2.81. The van der Waals surface area contributed by atoms with E-state index in [-0.39, 0.29) is 12.2 Å². The zero-order valence-electron chi connectivity index (χ0n) is 11.5. The van der Waals surface area contributed by atoms with Crippen molar-refractivity contribution in [2.75, 3.05) is 6.54 Å².